The fourth-order valence-corrected chi connectivity index (χ4v) is 4.82. The van der Waals surface area contributed by atoms with Gasteiger partial charge < -0.3 is 14.4 Å². The Morgan fingerprint density at radius 2 is 1.56 bits per heavy atom. The van der Waals surface area contributed by atoms with Crippen molar-refractivity contribution in [2.75, 3.05) is 23.6 Å². The van der Waals surface area contributed by atoms with E-state index in [1.54, 1.807) is 30.3 Å². The van der Waals surface area contributed by atoms with Crippen LogP contribution in [0.5, 0.6) is 5.75 Å². The number of nitrogens with zero attached hydrogens (tertiary/aromatic N) is 3. The van der Waals surface area contributed by atoms with Crippen molar-refractivity contribution in [2.24, 2.45) is 0 Å². The Hall–Kier alpha value is -4.27. The first-order valence-corrected chi connectivity index (χ1v) is 14.1. The third kappa shape index (κ3) is 6.73. The molecule has 0 atom stereocenters. The van der Waals surface area contributed by atoms with Gasteiger partial charge in [-0.1, -0.05) is 74.0 Å². The van der Waals surface area contributed by atoms with Gasteiger partial charge in [0.1, 0.15) is 18.1 Å². The predicted octanol–water partition coefficient (Wildman–Crippen LogP) is 5.92. The van der Waals surface area contributed by atoms with Gasteiger partial charge >= 0.3 is 6.09 Å². The SMILES string of the molecule is CCCCOc1c2n(c(NC(=O)OC(C)(C)C)cc1=O)N(C(c1ccccc1)c1ccccc1)CN(C(C)C)C2=O. The van der Waals surface area contributed by atoms with E-state index in [0.29, 0.717) is 0 Å². The Labute approximate surface area is 241 Å². The number of hydrogen-bond acceptors (Lipinski definition) is 6. The van der Waals surface area contributed by atoms with E-state index in [9.17, 15) is 14.4 Å². The van der Waals surface area contributed by atoms with Crippen LogP contribution >= 0.6 is 0 Å². The van der Waals surface area contributed by atoms with Gasteiger partial charge in [-0.2, -0.15) is 0 Å². The zero-order valence-corrected chi connectivity index (χ0v) is 24.7. The zero-order chi connectivity index (χ0) is 29.7. The number of carbonyl (C=O) groups excluding carboxylic acids is 2. The lowest BCUT2D eigenvalue weighted by atomic mass is 9.98. The molecule has 2 aromatic carbocycles. The molecule has 3 aromatic rings. The smallest absolute Gasteiger partial charge is 0.413 e. The average Bonchev–Trinajstić information content (AvgIpc) is 2.91. The minimum absolute atomic E-state index is 0.0339. The van der Waals surface area contributed by atoms with Crippen molar-refractivity contribution in [3.8, 4) is 5.75 Å². The molecule has 0 spiro atoms. The predicted molar refractivity (Wildman–Crippen MR) is 160 cm³/mol. The lowest BCUT2D eigenvalue weighted by molar-refractivity contribution is 0.0601. The van der Waals surface area contributed by atoms with E-state index in [1.807, 2.05) is 86.4 Å². The van der Waals surface area contributed by atoms with Crippen LogP contribution in [0.1, 0.15) is 82.0 Å². The summed E-state index contributed by atoms with van der Waals surface area (Å²) in [6, 6.07) is 20.6. The van der Waals surface area contributed by atoms with E-state index in [4.69, 9.17) is 9.47 Å². The van der Waals surface area contributed by atoms with E-state index < -0.39 is 17.1 Å². The number of benzene rings is 2. The third-order valence-corrected chi connectivity index (χ3v) is 6.69. The van der Waals surface area contributed by atoms with Crippen molar-refractivity contribution in [1.29, 1.82) is 0 Å². The first-order chi connectivity index (χ1) is 19.5. The van der Waals surface area contributed by atoms with E-state index >= 15 is 0 Å². The van der Waals surface area contributed by atoms with Crippen LogP contribution in [0.15, 0.2) is 71.5 Å². The van der Waals surface area contributed by atoms with Crippen LogP contribution in [-0.4, -0.2) is 46.5 Å². The number of nitrogens with one attached hydrogen (secondary N) is 1. The van der Waals surface area contributed by atoms with Gasteiger partial charge in [0.05, 0.1) is 12.6 Å². The molecule has 0 aliphatic carbocycles. The second-order valence-electron chi connectivity index (χ2n) is 11.4. The molecule has 1 aliphatic rings. The molecule has 1 aromatic heterocycles. The van der Waals surface area contributed by atoms with Gasteiger partial charge in [-0.3, -0.25) is 19.9 Å². The normalized spacial score (nSPS) is 13.4. The summed E-state index contributed by atoms with van der Waals surface area (Å²) in [5, 5.41) is 4.73. The Morgan fingerprint density at radius 1 is 0.976 bits per heavy atom. The van der Waals surface area contributed by atoms with E-state index in [0.717, 1.165) is 24.0 Å². The second-order valence-corrected chi connectivity index (χ2v) is 11.4. The van der Waals surface area contributed by atoms with Crippen molar-refractivity contribution in [3.63, 3.8) is 0 Å². The highest BCUT2D eigenvalue weighted by molar-refractivity contribution is 5.98. The maximum absolute atomic E-state index is 14.1. The van der Waals surface area contributed by atoms with Crippen LogP contribution in [0.3, 0.4) is 0 Å². The Balaban J connectivity index is 2.00. The summed E-state index contributed by atoms with van der Waals surface area (Å²) in [6.07, 6.45) is 0.851. The number of anilines is 1. The average molecular weight is 561 g/mol. The van der Waals surface area contributed by atoms with Crippen LogP contribution in [-0.2, 0) is 4.74 Å². The fraction of sp³-hybridized carbons (Fsp3) is 0.406. The number of ether oxygens (including phenoxy) is 2. The van der Waals surface area contributed by atoms with Crippen LogP contribution < -0.4 is 20.5 Å². The van der Waals surface area contributed by atoms with Gasteiger partial charge in [0.15, 0.2) is 11.4 Å². The van der Waals surface area contributed by atoms with Gasteiger partial charge in [0, 0.05) is 12.1 Å². The number of fused-ring (bicyclic) bond motifs is 1. The standard InChI is InChI=1S/C32H40N4O5/c1-7-8-19-40-29-25(37)20-26(33-31(39)41-32(4,5)6)36-28(29)30(38)34(22(2)3)21-35(36)27(23-15-11-9-12-16-23)24-17-13-10-14-18-24/h9-18,20,22,27H,7-8,19,21H2,1-6H3,(H,33,39). The summed E-state index contributed by atoms with van der Waals surface area (Å²) in [7, 11) is 0. The summed E-state index contributed by atoms with van der Waals surface area (Å²) in [5.41, 5.74) is 0.750. The van der Waals surface area contributed by atoms with Crippen LogP contribution in [0.25, 0.3) is 0 Å². The largest absolute Gasteiger partial charge is 0.487 e. The number of rotatable bonds is 9. The van der Waals surface area contributed by atoms with Crippen molar-refractivity contribution in [3.05, 3.63) is 93.8 Å². The summed E-state index contributed by atoms with van der Waals surface area (Å²) in [5.74, 6) is -0.267. The monoisotopic (exact) mass is 560 g/mol. The summed E-state index contributed by atoms with van der Waals surface area (Å²) in [6.45, 7) is 11.7. The van der Waals surface area contributed by atoms with Crippen molar-refractivity contribution < 1.29 is 19.1 Å². The molecular formula is C32H40N4O5. The molecule has 0 saturated heterocycles. The number of carbonyl (C=O) groups is 2. The maximum Gasteiger partial charge on any atom is 0.413 e. The van der Waals surface area contributed by atoms with Gasteiger partial charge in [-0.25, -0.2) is 9.47 Å². The Kier molecular flexibility index (Phi) is 9.05. The topological polar surface area (TPSA) is 93.1 Å². The van der Waals surface area contributed by atoms with Crippen LogP contribution in [0.4, 0.5) is 10.6 Å². The molecule has 9 nitrogen and oxygen atoms in total. The molecule has 4 rings (SSSR count). The van der Waals surface area contributed by atoms with Crippen molar-refractivity contribution in [1.82, 2.24) is 9.58 Å². The van der Waals surface area contributed by atoms with Gasteiger partial charge in [0.25, 0.3) is 5.91 Å². The highest BCUT2D eigenvalue weighted by Crippen LogP contribution is 2.35. The first-order valence-electron chi connectivity index (χ1n) is 14.1. The minimum Gasteiger partial charge on any atom is -0.487 e. The Morgan fingerprint density at radius 3 is 2.07 bits per heavy atom. The van der Waals surface area contributed by atoms with Gasteiger partial charge in [0.2, 0.25) is 5.43 Å². The van der Waals surface area contributed by atoms with Gasteiger partial charge in [-0.05, 0) is 52.2 Å². The highest BCUT2D eigenvalue weighted by Gasteiger charge is 2.40. The minimum atomic E-state index is -0.765. The molecule has 218 valence electrons. The fourth-order valence-electron chi connectivity index (χ4n) is 4.82. The molecule has 41 heavy (non-hydrogen) atoms. The molecule has 1 N–H and O–H groups in total. The molecule has 0 saturated carbocycles. The molecule has 2 heterocycles. The zero-order valence-electron chi connectivity index (χ0n) is 24.7. The van der Waals surface area contributed by atoms with Gasteiger partial charge in [-0.15, -0.1) is 0 Å². The third-order valence-electron chi connectivity index (χ3n) is 6.69. The van der Waals surface area contributed by atoms with E-state index in [1.165, 1.54) is 6.07 Å². The number of unbranched alkanes of at least 4 members (excludes halogenated alkanes) is 1. The molecule has 1 aliphatic heterocycles. The number of pyridine rings is 1. The molecular weight excluding hydrogens is 520 g/mol. The lowest BCUT2D eigenvalue weighted by Gasteiger charge is -2.46. The summed E-state index contributed by atoms with van der Waals surface area (Å²) >= 11 is 0. The lowest BCUT2D eigenvalue weighted by Crippen LogP contribution is -2.58. The Bertz CT molecular complexity index is 1370. The first kappa shape index (κ1) is 29.7. The van der Waals surface area contributed by atoms with Crippen molar-refractivity contribution >= 4 is 17.8 Å². The van der Waals surface area contributed by atoms with Crippen LogP contribution in [0, 0.1) is 0 Å². The second kappa shape index (κ2) is 12.5. The molecule has 0 unspecified atom stereocenters. The maximum atomic E-state index is 14.1. The highest BCUT2D eigenvalue weighted by atomic mass is 16.6. The molecule has 0 bridgehead atoms. The molecule has 2 amide bonds. The molecule has 0 fully saturated rings. The molecule has 0 radical (unpaired) electrons. The molecule has 9 heteroatoms. The quantitative estimate of drug-likeness (QED) is 0.327. The number of hydrogen-bond donors (Lipinski definition) is 1. The number of amides is 2. The van der Waals surface area contributed by atoms with E-state index in [-0.39, 0.29) is 48.5 Å². The summed E-state index contributed by atoms with van der Waals surface area (Å²) < 4.78 is 13.1. The van der Waals surface area contributed by atoms with Crippen LogP contribution in [0.2, 0.25) is 0 Å². The van der Waals surface area contributed by atoms with Crippen molar-refractivity contribution in [2.45, 2.75) is 72.1 Å². The van der Waals surface area contributed by atoms with E-state index in [2.05, 4.69) is 5.32 Å². The number of aromatic nitrogens is 1. The summed E-state index contributed by atoms with van der Waals surface area (Å²) in [4.78, 5) is 42.3.